The van der Waals surface area contributed by atoms with E-state index >= 15 is 0 Å². The van der Waals surface area contributed by atoms with Crippen LogP contribution in [0.3, 0.4) is 0 Å². The first-order valence-corrected chi connectivity index (χ1v) is 4.53. The van der Waals surface area contributed by atoms with Gasteiger partial charge in [-0.15, -0.1) is 0 Å². The molecule has 0 aromatic rings. The fourth-order valence-electron chi connectivity index (χ4n) is 1.08. The molecular weight excluding hydrogens is 160 g/mol. The molecule has 1 fully saturated rings. The van der Waals surface area contributed by atoms with Crippen LogP contribution >= 0.6 is 11.8 Å². The highest BCUT2D eigenvalue weighted by molar-refractivity contribution is 8.16. The Balaban J connectivity index is 2.87. The van der Waals surface area contributed by atoms with Crippen molar-refractivity contribution >= 4 is 22.7 Å². The van der Waals surface area contributed by atoms with E-state index < -0.39 is 4.75 Å². The minimum atomic E-state index is -0.447. The second-order valence-corrected chi connectivity index (χ2v) is 4.84. The molecule has 1 aliphatic heterocycles. The number of thioether (sulfide) groups is 1. The third-order valence-electron chi connectivity index (χ3n) is 2.29. The summed E-state index contributed by atoms with van der Waals surface area (Å²) >= 11 is 1.20. The summed E-state index contributed by atoms with van der Waals surface area (Å²) in [5.74, 6) is 0.328. The average Bonchev–Trinajstić information content (AvgIpc) is 2.08. The zero-order valence-electron chi connectivity index (χ0n) is 7.01. The van der Waals surface area contributed by atoms with Crippen LogP contribution in [0.15, 0.2) is 0 Å². The van der Waals surface area contributed by atoms with E-state index in [1.165, 1.54) is 11.8 Å². The Morgan fingerprint density at radius 1 is 1.45 bits per heavy atom. The van der Waals surface area contributed by atoms with Crippen LogP contribution in [-0.4, -0.2) is 15.6 Å². The minimum Gasteiger partial charge on any atom is -0.298 e. The van der Waals surface area contributed by atoms with Crippen molar-refractivity contribution in [3.63, 3.8) is 0 Å². The average molecular weight is 172 g/mol. The molecule has 11 heavy (non-hydrogen) atoms. The summed E-state index contributed by atoms with van der Waals surface area (Å²) in [7, 11) is 0. The predicted molar refractivity (Wildman–Crippen MR) is 45.5 cm³/mol. The third kappa shape index (κ3) is 1.34. The zero-order chi connectivity index (χ0) is 8.65. The highest BCUT2D eigenvalue weighted by Gasteiger charge is 2.45. The van der Waals surface area contributed by atoms with Crippen molar-refractivity contribution in [3.8, 4) is 0 Å². The molecule has 1 rings (SSSR count). The highest BCUT2D eigenvalue weighted by atomic mass is 32.2. The SMILES string of the molecule is CC(C)C1(C)SC(=O)CC1=O. The molecule has 0 spiro atoms. The number of carbonyl (C=O) groups is 2. The van der Waals surface area contributed by atoms with Gasteiger partial charge in [-0.3, -0.25) is 9.59 Å². The number of carbonyl (C=O) groups excluding carboxylic acids is 2. The molecule has 0 radical (unpaired) electrons. The van der Waals surface area contributed by atoms with Crippen molar-refractivity contribution in [2.75, 3.05) is 0 Å². The van der Waals surface area contributed by atoms with Crippen LogP contribution in [0.2, 0.25) is 0 Å². The molecular formula is C8H12O2S. The Morgan fingerprint density at radius 3 is 2.18 bits per heavy atom. The fraction of sp³-hybridized carbons (Fsp3) is 0.750. The van der Waals surface area contributed by atoms with Gasteiger partial charge in [0.05, 0.1) is 11.2 Å². The van der Waals surface area contributed by atoms with Crippen LogP contribution in [0.1, 0.15) is 27.2 Å². The summed E-state index contributed by atoms with van der Waals surface area (Å²) in [5.41, 5.74) is 0. The Hall–Kier alpha value is -0.310. The van der Waals surface area contributed by atoms with E-state index in [0.717, 1.165) is 0 Å². The van der Waals surface area contributed by atoms with Crippen LogP contribution < -0.4 is 0 Å². The fourth-order valence-corrected chi connectivity index (χ4v) is 2.17. The van der Waals surface area contributed by atoms with Gasteiger partial charge in [-0.25, -0.2) is 0 Å². The molecule has 1 aliphatic rings. The molecule has 0 amide bonds. The van der Waals surface area contributed by atoms with Crippen molar-refractivity contribution in [2.24, 2.45) is 5.92 Å². The van der Waals surface area contributed by atoms with Gasteiger partial charge < -0.3 is 0 Å². The molecule has 62 valence electrons. The van der Waals surface area contributed by atoms with E-state index in [1.807, 2.05) is 20.8 Å². The molecule has 0 bridgehead atoms. The minimum absolute atomic E-state index is 0.0196. The van der Waals surface area contributed by atoms with Crippen LogP contribution in [-0.2, 0) is 9.59 Å². The topological polar surface area (TPSA) is 34.1 Å². The van der Waals surface area contributed by atoms with Gasteiger partial charge in [-0.1, -0.05) is 25.6 Å². The number of hydrogen-bond donors (Lipinski definition) is 0. The van der Waals surface area contributed by atoms with Crippen molar-refractivity contribution < 1.29 is 9.59 Å². The van der Waals surface area contributed by atoms with E-state index in [2.05, 4.69) is 0 Å². The lowest BCUT2D eigenvalue weighted by molar-refractivity contribution is -0.123. The van der Waals surface area contributed by atoms with Crippen LogP contribution in [0, 0.1) is 5.92 Å². The van der Waals surface area contributed by atoms with Crippen molar-refractivity contribution in [3.05, 3.63) is 0 Å². The second kappa shape index (κ2) is 2.63. The number of rotatable bonds is 1. The molecule has 0 N–H and O–H groups in total. The van der Waals surface area contributed by atoms with Gasteiger partial charge in [-0.05, 0) is 12.8 Å². The first-order chi connectivity index (χ1) is 4.97. The Bertz CT molecular complexity index is 210. The molecule has 0 aromatic carbocycles. The Kier molecular flexibility index (Phi) is 2.10. The lowest BCUT2D eigenvalue weighted by Gasteiger charge is -2.23. The molecule has 0 aliphatic carbocycles. The standard InChI is InChI=1S/C8H12O2S/c1-5(2)8(3)6(9)4-7(10)11-8/h5H,4H2,1-3H3. The Morgan fingerprint density at radius 2 is 2.00 bits per heavy atom. The molecule has 2 nitrogen and oxygen atoms in total. The van der Waals surface area contributed by atoms with Gasteiger partial charge in [0.1, 0.15) is 0 Å². The third-order valence-corrected chi connectivity index (χ3v) is 3.78. The quantitative estimate of drug-likeness (QED) is 0.564. The Labute approximate surface area is 70.7 Å². The molecule has 1 saturated heterocycles. The van der Waals surface area contributed by atoms with Crippen molar-refractivity contribution in [1.29, 1.82) is 0 Å². The summed E-state index contributed by atoms with van der Waals surface area (Å²) in [6.45, 7) is 5.81. The summed E-state index contributed by atoms with van der Waals surface area (Å²) < 4.78 is -0.447. The highest BCUT2D eigenvalue weighted by Crippen LogP contribution is 2.41. The van der Waals surface area contributed by atoms with E-state index in [1.54, 1.807) is 0 Å². The molecule has 0 saturated carbocycles. The normalized spacial score (nSPS) is 32.0. The van der Waals surface area contributed by atoms with Crippen LogP contribution in [0.5, 0.6) is 0 Å². The maximum Gasteiger partial charge on any atom is 0.197 e. The predicted octanol–water partition coefficient (Wildman–Crippen LogP) is 1.63. The smallest absolute Gasteiger partial charge is 0.197 e. The lowest BCUT2D eigenvalue weighted by Crippen LogP contribution is -2.32. The maximum absolute atomic E-state index is 11.3. The van der Waals surface area contributed by atoms with E-state index in [4.69, 9.17) is 0 Å². The summed E-state index contributed by atoms with van der Waals surface area (Å²) in [6.07, 6.45) is 0.124. The second-order valence-electron chi connectivity index (χ2n) is 3.34. The molecule has 1 atom stereocenters. The monoisotopic (exact) mass is 172 g/mol. The van der Waals surface area contributed by atoms with E-state index in [0.29, 0.717) is 0 Å². The zero-order valence-corrected chi connectivity index (χ0v) is 7.83. The molecule has 1 unspecified atom stereocenters. The largest absolute Gasteiger partial charge is 0.298 e. The van der Waals surface area contributed by atoms with Gasteiger partial charge in [0, 0.05) is 0 Å². The molecule has 3 heteroatoms. The van der Waals surface area contributed by atoms with Crippen LogP contribution in [0.4, 0.5) is 0 Å². The number of ketones is 1. The van der Waals surface area contributed by atoms with Crippen molar-refractivity contribution in [1.82, 2.24) is 0 Å². The van der Waals surface area contributed by atoms with Gasteiger partial charge in [0.2, 0.25) is 0 Å². The van der Waals surface area contributed by atoms with Gasteiger partial charge >= 0.3 is 0 Å². The number of Topliss-reactive ketones (excluding diaryl/α,β-unsaturated/α-hetero) is 1. The molecule has 1 heterocycles. The van der Waals surface area contributed by atoms with Crippen molar-refractivity contribution in [2.45, 2.75) is 31.9 Å². The van der Waals surface area contributed by atoms with Gasteiger partial charge in [0.15, 0.2) is 10.9 Å². The number of hydrogen-bond acceptors (Lipinski definition) is 3. The summed E-state index contributed by atoms with van der Waals surface area (Å²) in [5, 5.41) is 0.0196. The summed E-state index contributed by atoms with van der Waals surface area (Å²) in [6, 6.07) is 0. The lowest BCUT2D eigenvalue weighted by atomic mass is 9.91. The molecule has 0 aromatic heterocycles. The van der Waals surface area contributed by atoms with Crippen LogP contribution in [0.25, 0.3) is 0 Å². The first kappa shape index (κ1) is 8.78. The maximum atomic E-state index is 11.3. The summed E-state index contributed by atoms with van der Waals surface area (Å²) in [4.78, 5) is 22.2. The van der Waals surface area contributed by atoms with E-state index in [-0.39, 0.29) is 23.2 Å². The first-order valence-electron chi connectivity index (χ1n) is 3.72. The van der Waals surface area contributed by atoms with E-state index in [9.17, 15) is 9.59 Å². The van der Waals surface area contributed by atoms with Gasteiger partial charge in [-0.2, -0.15) is 0 Å². The van der Waals surface area contributed by atoms with Gasteiger partial charge in [0.25, 0.3) is 0 Å².